The number of benzene rings is 1. The Bertz CT molecular complexity index is 436. The van der Waals surface area contributed by atoms with Crippen LogP contribution in [0, 0.1) is 5.82 Å². The molecule has 2 unspecified atom stereocenters. The third-order valence-electron chi connectivity index (χ3n) is 3.52. The van der Waals surface area contributed by atoms with Crippen LogP contribution in [0.5, 0.6) is 5.75 Å². The molecule has 1 aromatic carbocycles. The first kappa shape index (κ1) is 14.8. The summed E-state index contributed by atoms with van der Waals surface area (Å²) >= 11 is 0. The van der Waals surface area contributed by atoms with Gasteiger partial charge in [0.1, 0.15) is 11.6 Å². The highest BCUT2D eigenvalue weighted by Crippen LogP contribution is 2.11. The van der Waals surface area contributed by atoms with Gasteiger partial charge in [0.2, 0.25) is 5.91 Å². The van der Waals surface area contributed by atoms with E-state index in [1.807, 2.05) is 0 Å². The topological polar surface area (TPSA) is 50.4 Å². The lowest BCUT2D eigenvalue weighted by molar-refractivity contribution is -0.122. The number of carbonyl (C=O) groups is 1. The van der Waals surface area contributed by atoms with Gasteiger partial charge in [-0.25, -0.2) is 4.39 Å². The molecule has 4 nitrogen and oxygen atoms in total. The highest BCUT2D eigenvalue weighted by Gasteiger charge is 2.21. The molecule has 1 saturated heterocycles. The maximum absolute atomic E-state index is 12.7. The molecule has 0 saturated carbocycles. The molecule has 5 heteroatoms. The molecule has 1 aliphatic rings. The molecule has 2 rings (SSSR count). The van der Waals surface area contributed by atoms with Crippen molar-refractivity contribution < 1.29 is 13.9 Å². The van der Waals surface area contributed by atoms with E-state index in [0.29, 0.717) is 24.8 Å². The van der Waals surface area contributed by atoms with Crippen LogP contribution in [0.15, 0.2) is 24.3 Å². The number of hydrogen-bond donors (Lipinski definition) is 2. The average molecular weight is 280 g/mol. The third kappa shape index (κ3) is 4.49. The van der Waals surface area contributed by atoms with Crippen molar-refractivity contribution in [2.75, 3.05) is 13.2 Å². The van der Waals surface area contributed by atoms with Gasteiger partial charge in [-0.3, -0.25) is 4.79 Å². The summed E-state index contributed by atoms with van der Waals surface area (Å²) in [6.45, 7) is 3.40. The van der Waals surface area contributed by atoms with E-state index < -0.39 is 0 Å². The maximum atomic E-state index is 12.7. The molecule has 0 bridgehead atoms. The number of ether oxygens (including phenoxy) is 1. The van der Waals surface area contributed by atoms with Gasteiger partial charge in [-0.1, -0.05) is 0 Å². The predicted molar refractivity (Wildman–Crippen MR) is 75.1 cm³/mol. The summed E-state index contributed by atoms with van der Waals surface area (Å²) in [5.41, 5.74) is 0. The quantitative estimate of drug-likeness (QED) is 0.865. The zero-order valence-corrected chi connectivity index (χ0v) is 11.7. The Hall–Kier alpha value is -1.62. The van der Waals surface area contributed by atoms with Crippen LogP contribution >= 0.6 is 0 Å². The smallest absolute Gasteiger partial charge is 0.223 e. The van der Waals surface area contributed by atoms with E-state index in [9.17, 15) is 9.18 Å². The van der Waals surface area contributed by atoms with Crippen molar-refractivity contribution in [2.45, 2.75) is 38.3 Å². The average Bonchev–Trinajstić information content (AvgIpc) is 2.44. The Morgan fingerprint density at radius 2 is 2.20 bits per heavy atom. The maximum Gasteiger partial charge on any atom is 0.223 e. The number of carbonyl (C=O) groups excluding carboxylic acids is 1. The lowest BCUT2D eigenvalue weighted by Crippen LogP contribution is -2.52. The Balaban J connectivity index is 1.68. The van der Waals surface area contributed by atoms with Gasteiger partial charge in [0.05, 0.1) is 13.0 Å². The third-order valence-corrected chi connectivity index (χ3v) is 3.52. The van der Waals surface area contributed by atoms with Crippen molar-refractivity contribution in [3.05, 3.63) is 30.1 Å². The number of halogens is 1. The van der Waals surface area contributed by atoms with Crippen molar-refractivity contribution >= 4 is 5.91 Å². The molecule has 2 N–H and O–H groups in total. The van der Waals surface area contributed by atoms with Gasteiger partial charge in [-0.15, -0.1) is 0 Å². The highest BCUT2D eigenvalue weighted by atomic mass is 19.1. The summed E-state index contributed by atoms with van der Waals surface area (Å²) < 4.78 is 18.1. The summed E-state index contributed by atoms with van der Waals surface area (Å²) in [7, 11) is 0. The molecule has 0 radical (unpaired) electrons. The normalized spacial score (nSPS) is 22.3. The summed E-state index contributed by atoms with van der Waals surface area (Å²) in [6.07, 6.45) is 2.40. The Kier molecular flexibility index (Phi) is 5.35. The number of piperidine rings is 1. The molecule has 0 aromatic heterocycles. The van der Waals surface area contributed by atoms with E-state index in [1.54, 1.807) is 12.1 Å². The fraction of sp³-hybridized carbons (Fsp3) is 0.533. The van der Waals surface area contributed by atoms with Crippen LogP contribution in [0.4, 0.5) is 4.39 Å². The highest BCUT2D eigenvalue weighted by molar-refractivity contribution is 5.76. The van der Waals surface area contributed by atoms with E-state index in [4.69, 9.17) is 4.74 Å². The Morgan fingerprint density at radius 3 is 2.90 bits per heavy atom. The lowest BCUT2D eigenvalue weighted by atomic mass is 10.00. The second-order valence-corrected chi connectivity index (χ2v) is 5.11. The van der Waals surface area contributed by atoms with E-state index in [0.717, 1.165) is 19.4 Å². The molecule has 0 spiro atoms. The molecule has 20 heavy (non-hydrogen) atoms. The first-order chi connectivity index (χ1) is 9.65. The minimum Gasteiger partial charge on any atom is -0.493 e. The van der Waals surface area contributed by atoms with Crippen molar-refractivity contribution in [1.29, 1.82) is 0 Å². The van der Waals surface area contributed by atoms with Gasteiger partial charge in [0.15, 0.2) is 0 Å². The SMILES string of the molecule is CC1NCCCC1NC(=O)CCOc1ccc(F)cc1. The zero-order valence-electron chi connectivity index (χ0n) is 11.7. The lowest BCUT2D eigenvalue weighted by Gasteiger charge is -2.30. The van der Waals surface area contributed by atoms with Gasteiger partial charge in [0, 0.05) is 12.1 Å². The summed E-state index contributed by atoms with van der Waals surface area (Å²) in [6, 6.07) is 6.30. The molecular weight excluding hydrogens is 259 g/mol. The molecule has 1 heterocycles. The second kappa shape index (κ2) is 7.24. The van der Waals surface area contributed by atoms with E-state index in [1.165, 1.54) is 12.1 Å². The van der Waals surface area contributed by atoms with Crippen molar-refractivity contribution in [2.24, 2.45) is 0 Å². The molecule has 110 valence electrons. The minimum atomic E-state index is -0.297. The van der Waals surface area contributed by atoms with Crippen LogP contribution in [-0.2, 0) is 4.79 Å². The summed E-state index contributed by atoms with van der Waals surface area (Å²) in [5, 5.41) is 6.37. The van der Waals surface area contributed by atoms with E-state index in [2.05, 4.69) is 17.6 Å². The minimum absolute atomic E-state index is 0.00679. The number of hydrogen-bond acceptors (Lipinski definition) is 3. The fourth-order valence-corrected chi connectivity index (χ4v) is 2.31. The number of nitrogens with one attached hydrogen (secondary N) is 2. The number of rotatable bonds is 5. The standard InChI is InChI=1S/C15H21FN2O2/c1-11-14(3-2-9-17-11)18-15(19)8-10-20-13-6-4-12(16)5-7-13/h4-7,11,14,17H,2-3,8-10H2,1H3,(H,18,19). The van der Waals surface area contributed by atoms with Crippen LogP contribution in [0.2, 0.25) is 0 Å². The van der Waals surface area contributed by atoms with Gasteiger partial charge in [-0.2, -0.15) is 0 Å². The van der Waals surface area contributed by atoms with Crippen LogP contribution < -0.4 is 15.4 Å². The van der Waals surface area contributed by atoms with Crippen LogP contribution in [0.25, 0.3) is 0 Å². The van der Waals surface area contributed by atoms with E-state index in [-0.39, 0.29) is 17.8 Å². The largest absolute Gasteiger partial charge is 0.493 e. The number of amides is 1. The molecule has 1 aliphatic heterocycles. The van der Waals surface area contributed by atoms with Crippen LogP contribution in [-0.4, -0.2) is 31.1 Å². The van der Waals surface area contributed by atoms with Crippen molar-refractivity contribution in [1.82, 2.24) is 10.6 Å². The fourth-order valence-electron chi connectivity index (χ4n) is 2.31. The summed E-state index contributed by atoms with van der Waals surface area (Å²) in [4.78, 5) is 11.8. The predicted octanol–water partition coefficient (Wildman–Crippen LogP) is 1.85. The monoisotopic (exact) mass is 280 g/mol. The molecule has 2 atom stereocenters. The first-order valence-corrected chi connectivity index (χ1v) is 7.06. The van der Waals surface area contributed by atoms with Crippen molar-refractivity contribution in [3.63, 3.8) is 0 Å². The zero-order chi connectivity index (χ0) is 14.4. The van der Waals surface area contributed by atoms with Crippen molar-refractivity contribution in [3.8, 4) is 5.75 Å². The first-order valence-electron chi connectivity index (χ1n) is 7.06. The van der Waals surface area contributed by atoms with E-state index >= 15 is 0 Å². The van der Waals surface area contributed by atoms with Gasteiger partial charge in [-0.05, 0) is 50.6 Å². The molecule has 1 fully saturated rings. The molecule has 1 amide bonds. The second-order valence-electron chi connectivity index (χ2n) is 5.11. The van der Waals surface area contributed by atoms with Gasteiger partial charge in [0.25, 0.3) is 0 Å². The van der Waals surface area contributed by atoms with Gasteiger partial charge < -0.3 is 15.4 Å². The Labute approximate surface area is 118 Å². The van der Waals surface area contributed by atoms with Crippen LogP contribution in [0.3, 0.4) is 0 Å². The van der Waals surface area contributed by atoms with Crippen LogP contribution in [0.1, 0.15) is 26.2 Å². The molecular formula is C15H21FN2O2. The molecule has 1 aromatic rings. The van der Waals surface area contributed by atoms with Gasteiger partial charge >= 0.3 is 0 Å². The summed E-state index contributed by atoms with van der Waals surface area (Å²) in [5.74, 6) is 0.272. The Morgan fingerprint density at radius 1 is 1.45 bits per heavy atom. The molecule has 0 aliphatic carbocycles.